The van der Waals surface area contributed by atoms with Gasteiger partial charge >= 0.3 is 0 Å². The number of rotatable bonds is 8. The van der Waals surface area contributed by atoms with Gasteiger partial charge in [0, 0.05) is 30.4 Å². The van der Waals surface area contributed by atoms with Crippen LogP contribution in [0.4, 0.5) is 5.82 Å². The number of anilines is 1. The van der Waals surface area contributed by atoms with Gasteiger partial charge in [0.15, 0.2) is 5.96 Å². The predicted octanol–water partition coefficient (Wildman–Crippen LogP) is 3.61. The van der Waals surface area contributed by atoms with Crippen LogP contribution in [0.2, 0.25) is 0 Å². The smallest absolute Gasteiger partial charge is 0.189 e. The molecule has 140 valence electrons. The largest absolute Gasteiger partial charge is 0.370 e. The predicted molar refractivity (Wildman–Crippen MR) is 107 cm³/mol. The van der Waals surface area contributed by atoms with Crippen molar-refractivity contribution in [3.63, 3.8) is 0 Å². The maximum atomic E-state index is 6.09. The van der Waals surface area contributed by atoms with Crippen molar-refractivity contribution in [2.75, 3.05) is 18.0 Å². The first-order valence-electron chi connectivity index (χ1n) is 9.73. The first kappa shape index (κ1) is 19.5. The lowest BCUT2D eigenvalue weighted by Crippen LogP contribution is -2.38. The molecule has 0 radical (unpaired) electrons. The normalized spacial score (nSPS) is 16.5. The summed E-state index contributed by atoms with van der Waals surface area (Å²) in [7, 11) is 0. The Balaban J connectivity index is 1.91. The van der Waals surface area contributed by atoms with Gasteiger partial charge in [-0.05, 0) is 45.1 Å². The molecule has 1 unspecified atom stereocenters. The summed E-state index contributed by atoms with van der Waals surface area (Å²) in [6.45, 7) is 11.5. The molecule has 0 spiro atoms. The van der Waals surface area contributed by atoms with Crippen LogP contribution in [0.5, 0.6) is 0 Å². The number of hydrogen-bond donors (Lipinski definition) is 2. The summed E-state index contributed by atoms with van der Waals surface area (Å²) in [4.78, 5) is 11.7. The molecule has 5 nitrogen and oxygen atoms in total. The van der Waals surface area contributed by atoms with E-state index in [0.717, 1.165) is 42.5 Å². The molecule has 0 bridgehead atoms. The third-order valence-electron chi connectivity index (χ3n) is 4.73. The lowest BCUT2D eigenvalue weighted by molar-refractivity contribution is 0.493. The summed E-state index contributed by atoms with van der Waals surface area (Å²) in [5.74, 6) is 2.38. The number of guanidine groups is 1. The second-order valence-electron chi connectivity index (χ2n) is 7.70. The zero-order valence-corrected chi connectivity index (χ0v) is 16.4. The Morgan fingerprint density at radius 1 is 1.24 bits per heavy atom. The lowest BCUT2D eigenvalue weighted by Gasteiger charge is -2.20. The second kappa shape index (κ2) is 9.64. The molecule has 0 aliphatic carbocycles. The number of aliphatic imine (C=N–C) groups is 1. The third-order valence-corrected chi connectivity index (χ3v) is 4.73. The Labute approximate surface area is 153 Å². The average molecular weight is 346 g/mol. The molecule has 1 saturated heterocycles. The van der Waals surface area contributed by atoms with Gasteiger partial charge in [-0.1, -0.05) is 32.8 Å². The molecule has 3 N–H and O–H groups in total. The van der Waals surface area contributed by atoms with E-state index in [4.69, 9.17) is 10.7 Å². The molecule has 2 rings (SSSR count). The molecular weight excluding hydrogens is 310 g/mol. The van der Waals surface area contributed by atoms with E-state index in [1.807, 2.05) is 6.92 Å². The number of pyridine rings is 1. The van der Waals surface area contributed by atoms with Crippen LogP contribution < -0.4 is 16.0 Å². The second-order valence-corrected chi connectivity index (χ2v) is 7.70. The maximum absolute atomic E-state index is 6.09. The van der Waals surface area contributed by atoms with Crippen molar-refractivity contribution >= 4 is 11.8 Å². The van der Waals surface area contributed by atoms with Gasteiger partial charge in [0.2, 0.25) is 0 Å². The molecule has 0 saturated carbocycles. The van der Waals surface area contributed by atoms with E-state index in [0.29, 0.717) is 18.5 Å². The van der Waals surface area contributed by atoms with Crippen molar-refractivity contribution in [1.82, 2.24) is 10.3 Å². The molecule has 1 fully saturated rings. The maximum Gasteiger partial charge on any atom is 0.189 e. The molecule has 5 heteroatoms. The molecule has 25 heavy (non-hydrogen) atoms. The van der Waals surface area contributed by atoms with Gasteiger partial charge in [-0.15, -0.1) is 0 Å². The van der Waals surface area contributed by atoms with Gasteiger partial charge in [0.25, 0.3) is 0 Å². The Bertz CT molecular complexity index is 561. The molecule has 1 aromatic rings. The minimum Gasteiger partial charge on any atom is -0.370 e. The first-order valence-corrected chi connectivity index (χ1v) is 9.73. The molecule has 0 aromatic carbocycles. The van der Waals surface area contributed by atoms with E-state index < -0.39 is 0 Å². The highest BCUT2D eigenvalue weighted by molar-refractivity contribution is 5.78. The van der Waals surface area contributed by atoms with Crippen LogP contribution in [-0.4, -0.2) is 30.1 Å². The Hall–Kier alpha value is -1.78. The van der Waals surface area contributed by atoms with Gasteiger partial charge in [-0.3, -0.25) is 0 Å². The van der Waals surface area contributed by atoms with Crippen LogP contribution in [0.3, 0.4) is 0 Å². The number of nitrogens with zero attached hydrogens (tertiary/aromatic N) is 3. The van der Waals surface area contributed by atoms with Gasteiger partial charge in [0.1, 0.15) is 5.82 Å². The molecule has 1 aromatic heterocycles. The zero-order valence-electron chi connectivity index (χ0n) is 16.4. The Morgan fingerprint density at radius 3 is 2.64 bits per heavy atom. The van der Waals surface area contributed by atoms with Crippen LogP contribution in [0.15, 0.2) is 17.1 Å². The summed E-state index contributed by atoms with van der Waals surface area (Å²) < 4.78 is 0. The fourth-order valence-electron chi connectivity index (χ4n) is 3.27. The highest BCUT2D eigenvalue weighted by atomic mass is 15.2. The Kier molecular flexibility index (Phi) is 7.53. The van der Waals surface area contributed by atoms with Crippen LogP contribution in [-0.2, 0) is 6.54 Å². The van der Waals surface area contributed by atoms with Crippen molar-refractivity contribution in [2.45, 2.75) is 72.4 Å². The van der Waals surface area contributed by atoms with Crippen LogP contribution in [0.1, 0.15) is 64.1 Å². The number of aromatic nitrogens is 1. The molecule has 2 heterocycles. The van der Waals surface area contributed by atoms with E-state index in [9.17, 15) is 0 Å². The van der Waals surface area contributed by atoms with Crippen molar-refractivity contribution < 1.29 is 0 Å². The van der Waals surface area contributed by atoms with Crippen LogP contribution in [0.25, 0.3) is 0 Å². The van der Waals surface area contributed by atoms with Gasteiger partial charge in [0.05, 0.1) is 6.54 Å². The fraction of sp³-hybridized carbons (Fsp3) is 0.700. The monoisotopic (exact) mass is 345 g/mol. The lowest BCUT2D eigenvalue weighted by atomic mass is 10.0. The number of hydrogen-bond acceptors (Lipinski definition) is 3. The molecule has 1 aliphatic heterocycles. The van der Waals surface area contributed by atoms with E-state index in [-0.39, 0.29) is 0 Å². The Morgan fingerprint density at radius 2 is 1.96 bits per heavy atom. The topological polar surface area (TPSA) is 66.5 Å². The molecule has 1 aliphatic rings. The van der Waals surface area contributed by atoms with Gasteiger partial charge < -0.3 is 16.0 Å². The SMILES string of the molecule is Cc1ccc(CN=C(N)NC(C)CCCC(C)C)c(N2CCCC2)n1. The minimum absolute atomic E-state index is 0.358. The summed E-state index contributed by atoms with van der Waals surface area (Å²) in [5.41, 5.74) is 8.30. The summed E-state index contributed by atoms with van der Waals surface area (Å²) >= 11 is 0. The first-order chi connectivity index (χ1) is 12.0. The molecule has 1 atom stereocenters. The van der Waals surface area contributed by atoms with Crippen molar-refractivity contribution in [1.29, 1.82) is 0 Å². The van der Waals surface area contributed by atoms with Crippen molar-refractivity contribution in [2.24, 2.45) is 16.6 Å². The van der Waals surface area contributed by atoms with E-state index in [2.05, 4.69) is 48.1 Å². The fourth-order valence-corrected chi connectivity index (χ4v) is 3.27. The molecule has 0 amide bonds. The van der Waals surface area contributed by atoms with Crippen molar-refractivity contribution in [3.8, 4) is 0 Å². The summed E-state index contributed by atoms with van der Waals surface area (Å²) in [6, 6.07) is 4.55. The average Bonchev–Trinajstić information content (AvgIpc) is 3.07. The number of nitrogens with two attached hydrogens (primary N) is 1. The molecular formula is C20H35N5. The standard InChI is InChI=1S/C20H35N5/c1-15(2)8-7-9-16(3)24-20(21)22-14-18-11-10-17(4)23-19(18)25-12-5-6-13-25/h10-11,15-16H,5-9,12-14H2,1-4H3,(H3,21,22,24). The van der Waals surface area contributed by atoms with Crippen LogP contribution >= 0.6 is 0 Å². The summed E-state index contributed by atoms with van der Waals surface area (Å²) in [5, 5.41) is 3.32. The minimum atomic E-state index is 0.358. The van der Waals surface area contributed by atoms with Crippen LogP contribution in [0, 0.1) is 12.8 Å². The van der Waals surface area contributed by atoms with Crippen molar-refractivity contribution in [3.05, 3.63) is 23.4 Å². The quantitative estimate of drug-likeness (QED) is 0.558. The van der Waals surface area contributed by atoms with E-state index in [1.54, 1.807) is 0 Å². The van der Waals surface area contributed by atoms with E-state index in [1.165, 1.54) is 25.7 Å². The van der Waals surface area contributed by atoms with E-state index >= 15 is 0 Å². The van der Waals surface area contributed by atoms with Gasteiger partial charge in [-0.25, -0.2) is 9.98 Å². The van der Waals surface area contributed by atoms with Gasteiger partial charge in [-0.2, -0.15) is 0 Å². The number of nitrogens with one attached hydrogen (secondary N) is 1. The third kappa shape index (κ3) is 6.56. The highest BCUT2D eigenvalue weighted by Gasteiger charge is 2.17. The number of aryl methyl sites for hydroxylation is 1. The zero-order chi connectivity index (χ0) is 18.2. The highest BCUT2D eigenvalue weighted by Crippen LogP contribution is 2.23. The summed E-state index contributed by atoms with van der Waals surface area (Å²) in [6.07, 6.45) is 6.10.